The fourth-order valence-corrected chi connectivity index (χ4v) is 3.45. The molecule has 34 heavy (non-hydrogen) atoms. The van der Waals surface area contributed by atoms with Gasteiger partial charge >= 0.3 is 12.4 Å². The Morgan fingerprint density at radius 1 is 0.794 bits per heavy atom. The van der Waals surface area contributed by atoms with Gasteiger partial charge in [-0.1, -0.05) is 36.4 Å². The molecule has 6 nitrogen and oxygen atoms in total. The molecule has 0 unspecified atom stereocenters. The molecule has 1 aliphatic rings. The molecule has 168 valence electrons. The average molecular weight is 470 g/mol. The van der Waals surface area contributed by atoms with Crippen LogP contribution in [-0.2, 0) is 12.4 Å². The zero-order valence-electron chi connectivity index (χ0n) is 16.6. The lowest BCUT2D eigenvalue weighted by molar-refractivity contribution is -0.141. The largest absolute Gasteiger partial charge is 0.435 e. The highest BCUT2D eigenvalue weighted by Gasteiger charge is 2.41. The molecule has 0 saturated carbocycles. The summed E-state index contributed by atoms with van der Waals surface area (Å²) >= 11 is 0. The first-order valence-electron chi connectivity index (χ1n) is 9.25. The Labute approximate surface area is 187 Å². The molecule has 0 bridgehead atoms. The Morgan fingerprint density at radius 2 is 1.38 bits per heavy atom. The molecule has 12 heteroatoms. The smallest absolute Gasteiger partial charge is 0.241 e. The lowest BCUT2D eigenvalue weighted by Gasteiger charge is -2.22. The summed E-state index contributed by atoms with van der Waals surface area (Å²) in [7, 11) is 0. The van der Waals surface area contributed by atoms with Gasteiger partial charge in [0.2, 0.25) is 6.19 Å². The van der Waals surface area contributed by atoms with Crippen LogP contribution in [0.25, 0.3) is 16.2 Å². The Morgan fingerprint density at radius 3 is 1.91 bits per heavy atom. The summed E-state index contributed by atoms with van der Waals surface area (Å²) in [5.74, 6) is 0. The minimum absolute atomic E-state index is 0.105. The topological polar surface area (TPSA) is 78.6 Å². The first kappa shape index (κ1) is 22.6. The molecular weight excluding hydrogens is 462 g/mol. The third-order valence-corrected chi connectivity index (χ3v) is 4.85. The Kier molecular flexibility index (Phi) is 5.37. The molecule has 0 fully saturated rings. The maximum atomic E-state index is 14.0. The van der Waals surface area contributed by atoms with E-state index in [1.165, 1.54) is 12.1 Å². The molecule has 2 aromatic carbocycles. The monoisotopic (exact) mass is 470 g/mol. The van der Waals surface area contributed by atoms with Gasteiger partial charge in [-0.25, -0.2) is 9.97 Å². The van der Waals surface area contributed by atoms with Crippen molar-refractivity contribution in [2.24, 2.45) is 10.1 Å². The number of nitrogens with zero attached hydrogens (tertiary/aromatic N) is 6. The Bertz CT molecular complexity index is 1440. The summed E-state index contributed by atoms with van der Waals surface area (Å²) in [5, 5.41) is 12.8. The van der Waals surface area contributed by atoms with E-state index in [0.717, 1.165) is 12.1 Å². The summed E-state index contributed by atoms with van der Waals surface area (Å²) in [6, 6.07) is 9.09. The lowest BCUT2D eigenvalue weighted by Crippen LogP contribution is -2.27. The molecule has 1 aliphatic carbocycles. The predicted molar refractivity (Wildman–Crippen MR) is 107 cm³/mol. The van der Waals surface area contributed by atoms with Gasteiger partial charge in [0.1, 0.15) is 22.8 Å². The van der Waals surface area contributed by atoms with Crippen LogP contribution in [0.1, 0.15) is 33.8 Å². The molecule has 0 amide bonds. The molecule has 3 aromatic rings. The van der Waals surface area contributed by atoms with E-state index in [1.807, 2.05) is 0 Å². The van der Waals surface area contributed by atoms with Crippen LogP contribution in [0.5, 0.6) is 0 Å². The number of aromatic nitrogens is 2. The average Bonchev–Trinajstić information content (AvgIpc) is 2.79. The summed E-state index contributed by atoms with van der Waals surface area (Å²) < 4.78 is 80.6. The van der Waals surface area contributed by atoms with Crippen molar-refractivity contribution in [2.75, 3.05) is 0 Å². The molecular formula is C22H8F6N6. The van der Waals surface area contributed by atoms with Gasteiger partial charge in [-0.05, 0) is 12.1 Å². The minimum Gasteiger partial charge on any atom is -0.241 e. The number of rotatable bonds is 1. The molecule has 4 rings (SSSR count). The van der Waals surface area contributed by atoms with E-state index < -0.39 is 35.0 Å². The summed E-state index contributed by atoms with van der Waals surface area (Å²) in [6.07, 6.45) is -8.17. The van der Waals surface area contributed by atoms with Gasteiger partial charge < -0.3 is 0 Å². The van der Waals surface area contributed by atoms with Crippen molar-refractivity contribution in [3.63, 3.8) is 0 Å². The minimum atomic E-state index is -5.05. The molecule has 0 saturated heterocycles. The van der Waals surface area contributed by atoms with E-state index in [1.54, 1.807) is 18.3 Å². The van der Waals surface area contributed by atoms with Crippen molar-refractivity contribution >= 4 is 11.4 Å². The van der Waals surface area contributed by atoms with Crippen LogP contribution in [0.3, 0.4) is 0 Å². The number of nitriles is 1. The van der Waals surface area contributed by atoms with Gasteiger partial charge in [0.25, 0.3) is 0 Å². The van der Waals surface area contributed by atoms with Crippen LogP contribution in [0.4, 0.5) is 26.3 Å². The molecule has 1 heterocycles. The normalized spacial score (nSPS) is 15.4. The van der Waals surface area contributed by atoms with E-state index in [9.17, 15) is 26.3 Å². The van der Waals surface area contributed by atoms with Crippen molar-refractivity contribution in [3.05, 3.63) is 93.8 Å². The first-order valence-corrected chi connectivity index (χ1v) is 9.25. The van der Waals surface area contributed by atoms with Gasteiger partial charge in [0.15, 0.2) is 11.4 Å². The van der Waals surface area contributed by atoms with E-state index >= 15 is 0 Å². The third kappa shape index (κ3) is 3.86. The number of benzene rings is 2. The standard InChI is InChI=1S/C22H8F6N6/c1-30-34-17-14-5-3-2-4-13(14)16(31-10-29)18-19(17)33-20(22(26,27)28)15(32-18)11-6-8-12(9-7-11)21(23,24)25/h2-9H/b31-16-,34-17+. The predicted octanol–water partition coefficient (Wildman–Crippen LogP) is 5.48. The number of hydrogen-bond donors (Lipinski definition) is 0. The molecule has 1 aromatic heterocycles. The number of hydrogen-bond acceptors (Lipinski definition) is 5. The van der Waals surface area contributed by atoms with Crippen LogP contribution < -0.4 is 0 Å². The summed E-state index contributed by atoms with van der Waals surface area (Å²) in [5.41, 5.74) is -4.06. The van der Waals surface area contributed by atoms with Crippen LogP contribution in [-0.4, -0.2) is 21.4 Å². The SMILES string of the molecule is [C-]#[N+]/N=C1\c2ccccc2/C(=N/C#N)c2nc(-c3ccc(C(F)(F)F)cc3)c(C(F)(F)F)nc21. The number of fused-ring (bicyclic) bond motifs is 2. The number of alkyl halides is 6. The first-order chi connectivity index (χ1) is 16.1. The lowest BCUT2D eigenvalue weighted by atomic mass is 9.88. The Balaban J connectivity index is 2.06. The Hall–Kier alpha value is -4.58. The van der Waals surface area contributed by atoms with Crippen LogP contribution in [0.2, 0.25) is 0 Å². The van der Waals surface area contributed by atoms with E-state index in [0.29, 0.717) is 12.1 Å². The second-order valence-electron chi connectivity index (χ2n) is 6.85. The van der Waals surface area contributed by atoms with Crippen molar-refractivity contribution in [1.82, 2.24) is 9.97 Å². The molecule has 0 aliphatic heterocycles. The van der Waals surface area contributed by atoms with Crippen LogP contribution in [0, 0.1) is 18.0 Å². The maximum absolute atomic E-state index is 14.0. The number of halogens is 6. The van der Waals surface area contributed by atoms with Gasteiger partial charge in [-0.3, -0.25) is 0 Å². The highest BCUT2D eigenvalue weighted by Crippen LogP contribution is 2.38. The summed E-state index contributed by atoms with van der Waals surface area (Å²) in [4.78, 5) is 14.3. The zero-order chi connectivity index (χ0) is 24.7. The summed E-state index contributed by atoms with van der Waals surface area (Å²) in [6.45, 7) is 7.07. The maximum Gasteiger partial charge on any atom is 0.435 e. The van der Waals surface area contributed by atoms with Crippen molar-refractivity contribution < 1.29 is 26.3 Å². The van der Waals surface area contributed by atoms with Gasteiger partial charge in [0.05, 0.1) is 10.7 Å². The molecule has 0 radical (unpaired) electrons. The van der Waals surface area contributed by atoms with Crippen LogP contribution in [0.15, 0.2) is 58.6 Å². The molecule has 0 N–H and O–H groups in total. The third-order valence-electron chi connectivity index (χ3n) is 4.85. The van der Waals surface area contributed by atoms with Crippen molar-refractivity contribution in [2.45, 2.75) is 12.4 Å². The fraction of sp³-hybridized carbons (Fsp3) is 0.0909. The molecule has 0 spiro atoms. The molecule has 0 atom stereocenters. The van der Waals surface area contributed by atoms with Gasteiger partial charge in [0, 0.05) is 16.7 Å². The van der Waals surface area contributed by atoms with Crippen LogP contribution >= 0.6 is 0 Å². The van der Waals surface area contributed by atoms with Gasteiger partial charge in [-0.2, -0.15) is 43.2 Å². The second kappa shape index (κ2) is 8.08. The second-order valence-corrected chi connectivity index (χ2v) is 6.85. The highest BCUT2D eigenvalue weighted by molar-refractivity contribution is 6.30. The van der Waals surface area contributed by atoms with Crippen molar-refractivity contribution in [3.8, 4) is 17.5 Å². The highest BCUT2D eigenvalue weighted by atomic mass is 19.4. The zero-order valence-corrected chi connectivity index (χ0v) is 16.6. The van der Waals surface area contributed by atoms with E-state index in [4.69, 9.17) is 11.8 Å². The van der Waals surface area contributed by atoms with E-state index in [-0.39, 0.29) is 33.8 Å². The quantitative estimate of drug-likeness (QED) is 0.160. The van der Waals surface area contributed by atoms with Gasteiger partial charge in [-0.15, -0.1) is 4.95 Å². The van der Waals surface area contributed by atoms with E-state index in [2.05, 4.69) is 25.0 Å². The number of aliphatic imine (C=N–C) groups is 1. The van der Waals surface area contributed by atoms with Crippen molar-refractivity contribution in [1.29, 1.82) is 5.26 Å². The fourth-order valence-electron chi connectivity index (χ4n) is 3.45.